The van der Waals surface area contributed by atoms with Gasteiger partial charge in [-0.1, -0.05) is 92.4 Å². The van der Waals surface area contributed by atoms with Crippen LogP contribution in [0.5, 0.6) is 5.88 Å². The Morgan fingerprint density at radius 2 is 1.45 bits per heavy atom. The van der Waals surface area contributed by atoms with Gasteiger partial charge in [0.1, 0.15) is 11.6 Å². The van der Waals surface area contributed by atoms with E-state index in [1.165, 1.54) is 17.4 Å². The highest BCUT2D eigenvalue weighted by Crippen LogP contribution is 2.32. The highest BCUT2D eigenvalue weighted by molar-refractivity contribution is 5.94. The maximum atomic E-state index is 13.8. The summed E-state index contributed by atoms with van der Waals surface area (Å²) in [6.07, 6.45) is 12.8. The molecule has 0 bridgehead atoms. The molecular weight excluding hydrogens is 550 g/mol. The van der Waals surface area contributed by atoms with E-state index in [-0.39, 0.29) is 23.0 Å². The summed E-state index contributed by atoms with van der Waals surface area (Å²) < 4.78 is 1.22. The van der Waals surface area contributed by atoms with Gasteiger partial charge in [-0.15, -0.1) is 5.11 Å². The number of benzene rings is 1. The Balaban J connectivity index is 2.32. The first kappa shape index (κ1) is 36.7. The van der Waals surface area contributed by atoms with Crippen molar-refractivity contribution in [2.45, 2.75) is 125 Å². The maximum Gasteiger partial charge on any atom is 0.271 e. The van der Waals surface area contributed by atoms with Crippen LogP contribution in [0.1, 0.15) is 133 Å². The Bertz CT molecular complexity index is 1270. The third-order valence-electron chi connectivity index (χ3n) is 8.71. The fourth-order valence-electron chi connectivity index (χ4n) is 5.62. The minimum atomic E-state index is -0.509. The number of carbonyl (C=O) groups is 1. The molecule has 1 aromatic heterocycles. The number of carbonyl (C=O) groups excluding carboxylic acids is 1. The lowest BCUT2D eigenvalue weighted by atomic mass is 9.95. The molecule has 0 fully saturated rings. The lowest BCUT2D eigenvalue weighted by Gasteiger charge is -2.31. The van der Waals surface area contributed by atoms with Crippen molar-refractivity contribution >= 4 is 17.3 Å². The van der Waals surface area contributed by atoms with Crippen LogP contribution in [-0.4, -0.2) is 33.6 Å². The molecule has 0 saturated carbocycles. The first-order valence-corrected chi connectivity index (χ1v) is 16.9. The number of nitrogens with zero attached hydrogens (tertiary/aromatic N) is 5. The molecule has 1 amide bonds. The van der Waals surface area contributed by atoms with Crippen molar-refractivity contribution in [1.29, 1.82) is 5.26 Å². The number of hydrogen-bond acceptors (Lipinski definition) is 6. The zero-order valence-corrected chi connectivity index (χ0v) is 28.1. The molecule has 0 radical (unpaired) electrons. The highest BCUT2D eigenvalue weighted by Gasteiger charge is 2.23. The number of pyridine rings is 1. The van der Waals surface area contributed by atoms with Crippen molar-refractivity contribution in [2.24, 2.45) is 22.1 Å². The van der Waals surface area contributed by atoms with Crippen molar-refractivity contribution in [3.8, 4) is 11.9 Å². The molecule has 1 aromatic carbocycles. The van der Waals surface area contributed by atoms with Crippen molar-refractivity contribution in [1.82, 2.24) is 9.47 Å². The van der Waals surface area contributed by atoms with Gasteiger partial charge in [0.15, 0.2) is 5.69 Å². The molecule has 2 aromatic rings. The van der Waals surface area contributed by atoms with Gasteiger partial charge in [-0.2, -0.15) is 10.4 Å². The molecule has 0 aliphatic heterocycles. The van der Waals surface area contributed by atoms with Crippen LogP contribution in [0.3, 0.4) is 0 Å². The molecule has 0 aliphatic rings. The third-order valence-corrected chi connectivity index (χ3v) is 8.71. The summed E-state index contributed by atoms with van der Waals surface area (Å²) in [7, 11) is 0. The topological polar surface area (TPSA) is 111 Å². The zero-order chi connectivity index (χ0) is 32.5. The van der Waals surface area contributed by atoms with E-state index >= 15 is 0 Å². The van der Waals surface area contributed by atoms with Crippen LogP contribution in [0.15, 0.2) is 39.3 Å². The normalized spacial score (nSPS) is 12.8. The van der Waals surface area contributed by atoms with Crippen LogP contribution in [-0.2, 0) is 6.54 Å². The second-order valence-corrected chi connectivity index (χ2v) is 12.1. The Morgan fingerprint density at radius 3 is 1.95 bits per heavy atom. The number of aromatic nitrogens is 1. The maximum absolute atomic E-state index is 13.8. The van der Waals surface area contributed by atoms with Gasteiger partial charge in [0.25, 0.3) is 11.5 Å². The summed E-state index contributed by atoms with van der Waals surface area (Å²) in [4.78, 5) is 28.7. The minimum Gasteiger partial charge on any atom is -0.493 e. The monoisotopic (exact) mass is 605 g/mol. The summed E-state index contributed by atoms with van der Waals surface area (Å²) in [6.45, 7) is 14.4. The average Bonchev–Trinajstić information content (AvgIpc) is 3.03. The van der Waals surface area contributed by atoms with Crippen LogP contribution in [0.4, 0.5) is 11.4 Å². The fraction of sp³-hybridized carbons (Fsp3) is 0.639. The van der Waals surface area contributed by atoms with Crippen molar-refractivity contribution < 1.29 is 9.90 Å². The number of nitriles is 1. The standard InChI is InChI=1S/C36H55N5O3/c1-7-12-15-16-23-41-35(43)32(24-37)27(6)33(36(41)44)39-38-31-21-19-30(20-22-31)34(42)40(25-28(10-4)17-13-8-2)26-29(11-5)18-14-9-3/h19-22,28-29,44H,7-18,23,25-26H2,1-6H3/b39-38+. The molecule has 0 spiro atoms. The molecule has 8 heteroatoms. The largest absolute Gasteiger partial charge is 0.493 e. The predicted octanol–water partition coefficient (Wildman–Crippen LogP) is 9.60. The van der Waals surface area contributed by atoms with Crippen molar-refractivity contribution in [3.05, 3.63) is 51.3 Å². The lowest BCUT2D eigenvalue weighted by molar-refractivity contribution is 0.0685. The summed E-state index contributed by atoms with van der Waals surface area (Å²) in [5.74, 6) is 0.733. The van der Waals surface area contributed by atoms with E-state index in [1.54, 1.807) is 31.2 Å². The predicted molar refractivity (Wildman–Crippen MR) is 179 cm³/mol. The van der Waals surface area contributed by atoms with E-state index in [4.69, 9.17) is 0 Å². The first-order chi connectivity index (χ1) is 21.3. The molecule has 1 heterocycles. The Kier molecular flexibility index (Phi) is 16.5. The molecular formula is C36H55N5O3. The molecule has 44 heavy (non-hydrogen) atoms. The molecule has 0 aliphatic carbocycles. The molecule has 2 unspecified atom stereocenters. The lowest BCUT2D eigenvalue weighted by Crippen LogP contribution is -2.39. The van der Waals surface area contributed by atoms with E-state index in [1.807, 2.05) is 6.07 Å². The van der Waals surface area contributed by atoms with Gasteiger partial charge in [-0.25, -0.2) is 0 Å². The van der Waals surface area contributed by atoms with Gasteiger partial charge in [0.05, 0.1) is 5.69 Å². The van der Waals surface area contributed by atoms with Crippen LogP contribution in [0.2, 0.25) is 0 Å². The van der Waals surface area contributed by atoms with Crippen LogP contribution < -0.4 is 5.56 Å². The number of rotatable bonds is 20. The minimum absolute atomic E-state index is 0.0399. The molecule has 2 atom stereocenters. The van der Waals surface area contributed by atoms with Crippen LogP contribution in [0, 0.1) is 30.1 Å². The van der Waals surface area contributed by atoms with Crippen LogP contribution in [0.25, 0.3) is 0 Å². The van der Waals surface area contributed by atoms with Gasteiger partial charge in [0.2, 0.25) is 5.88 Å². The quantitative estimate of drug-likeness (QED) is 0.120. The SMILES string of the molecule is CCCCCCn1c(O)c(/N=N/c2ccc(C(=O)N(CC(CC)CCCC)CC(CC)CCCC)cc2)c(C)c(C#N)c1=O. The summed E-state index contributed by atoms with van der Waals surface area (Å²) in [6, 6.07) is 9.03. The van der Waals surface area contributed by atoms with Gasteiger partial charge >= 0.3 is 0 Å². The van der Waals surface area contributed by atoms with E-state index in [0.29, 0.717) is 41.6 Å². The molecule has 242 valence electrons. The van der Waals surface area contributed by atoms with Gasteiger partial charge < -0.3 is 10.0 Å². The summed E-state index contributed by atoms with van der Waals surface area (Å²) in [5.41, 5.74) is 0.986. The molecule has 1 N–H and O–H groups in total. The summed E-state index contributed by atoms with van der Waals surface area (Å²) in [5, 5.41) is 29.1. The molecule has 0 saturated heterocycles. The van der Waals surface area contributed by atoms with Crippen LogP contribution >= 0.6 is 0 Å². The Labute approximate surface area is 265 Å². The highest BCUT2D eigenvalue weighted by atomic mass is 16.3. The summed E-state index contributed by atoms with van der Waals surface area (Å²) >= 11 is 0. The fourth-order valence-corrected chi connectivity index (χ4v) is 5.62. The first-order valence-electron chi connectivity index (χ1n) is 16.9. The Morgan fingerprint density at radius 1 is 0.886 bits per heavy atom. The van der Waals surface area contributed by atoms with E-state index in [0.717, 1.165) is 70.9 Å². The molecule has 8 nitrogen and oxygen atoms in total. The van der Waals surface area contributed by atoms with Crippen molar-refractivity contribution in [2.75, 3.05) is 13.1 Å². The zero-order valence-electron chi connectivity index (χ0n) is 28.1. The third kappa shape index (κ3) is 10.6. The number of unbranched alkanes of at least 4 members (excludes halogenated alkanes) is 5. The smallest absolute Gasteiger partial charge is 0.271 e. The number of azo groups is 1. The van der Waals surface area contributed by atoms with Gasteiger partial charge in [-0.3, -0.25) is 14.2 Å². The number of aromatic hydroxyl groups is 1. The number of hydrogen-bond donors (Lipinski definition) is 1. The van der Waals surface area contributed by atoms with Gasteiger partial charge in [-0.05, 0) is 62.3 Å². The second-order valence-electron chi connectivity index (χ2n) is 12.1. The van der Waals surface area contributed by atoms with E-state index < -0.39 is 5.56 Å². The average molecular weight is 606 g/mol. The second kappa shape index (κ2) is 19.7. The number of amides is 1. The molecule has 2 rings (SSSR count). The van der Waals surface area contributed by atoms with E-state index in [9.17, 15) is 20.0 Å². The van der Waals surface area contributed by atoms with Crippen molar-refractivity contribution in [3.63, 3.8) is 0 Å². The van der Waals surface area contributed by atoms with Gasteiger partial charge in [0, 0.05) is 30.8 Å². The Hall–Kier alpha value is -3.47. The van der Waals surface area contributed by atoms with E-state index in [2.05, 4.69) is 49.7 Å².